The van der Waals surface area contributed by atoms with Crippen LogP contribution in [-0.4, -0.2) is 47.3 Å². The first-order valence-electron chi connectivity index (χ1n) is 8.60. The van der Waals surface area contributed by atoms with E-state index >= 15 is 0 Å². The van der Waals surface area contributed by atoms with Crippen LogP contribution in [-0.2, 0) is 11.2 Å². The van der Waals surface area contributed by atoms with Crippen LogP contribution >= 0.6 is 0 Å². The number of likely N-dealkylation sites (tertiary alicyclic amines) is 1. The summed E-state index contributed by atoms with van der Waals surface area (Å²) >= 11 is 0. The normalized spacial score (nSPS) is 16.7. The number of nitrogens with zero attached hydrogens (tertiary/aromatic N) is 3. The molecule has 2 heterocycles. The lowest BCUT2D eigenvalue weighted by Gasteiger charge is -2.17. The van der Waals surface area contributed by atoms with Gasteiger partial charge >= 0.3 is 0 Å². The maximum atomic E-state index is 12.3. The zero-order valence-electron chi connectivity index (χ0n) is 14.4. The molecular formula is C19H23N3O3. The molecule has 0 spiro atoms. The molecule has 1 aromatic carbocycles. The minimum Gasteiger partial charge on any atom is -0.480 e. The molecule has 6 nitrogen and oxygen atoms in total. The SMILES string of the molecule is COc1ccc(OC2CCN(C(=O)CCCc3ccccc3)C2)nn1. The second kappa shape index (κ2) is 8.46. The van der Waals surface area contributed by atoms with Crippen molar-refractivity contribution in [1.82, 2.24) is 15.1 Å². The molecule has 0 aliphatic carbocycles. The van der Waals surface area contributed by atoms with E-state index in [1.165, 1.54) is 5.56 Å². The van der Waals surface area contributed by atoms with Gasteiger partial charge in [0.15, 0.2) is 0 Å². The second-order valence-electron chi connectivity index (χ2n) is 6.12. The molecule has 1 fully saturated rings. The van der Waals surface area contributed by atoms with Gasteiger partial charge in [0.05, 0.1) is 13.7 Å². The molecule has 1 amide bonds. The van der Waals surface area contributed by atoms with E-state index < -0.39 is 0 Å². The van der Waals surface area contributed by atoms with Crippen LogP contribution in [0.25, 0.3) is 0 Å². The number of hydrogen-bond acceptors (Lipinski definition) is 5. The molecular weight excluding hydrogens is 318 g/mol. The van der Waals surface area contributed by atoms with Crippen molar-refractivity contribution >= 4 is 5.91 Å². The molecule has 2 aromatic rings. The van der Waals surface area contributed by atoms with Crippen molar-refractivity contribution < 1.29 is 14.3 Å². The summed E-state index contributed by atoms with van der Waals surface area (Å²) < 4.78 is 10.8. The van der Waals surface area contributed by atoms with Crippen LogP contribution in [0.15, 0.2) is 42.5 Å². The third-order valence-electron chi connectivity index (χ3n) is 4.31. The average Bonchev–Trinajstić information content (AvgIpc) is 3.12. The molecule has 3 rings (SSSR count). The first-order chi connectivity index (χ1) is 12.2. The lowest BCUT2D eigenvalue weighted by atomic mass is 10.1. The highest BCUT2D eigenvalue weighted by molar-refractivity contribution is 5.76. The molecule has 0 N–H and O–H groups in total. The van der Waals surface area contributed by atoms with Gasteiger partial charge < -0.3 is 14.4 Å². The lowest BCUT2D eigenvalue weighted by Crippen LogP contribution is -2.30. The van der Waals surface area contributed by atoms with E-state index in [0.717, 1.165) is 25.8 Å². The van der Waals surface area contributed by atoms with Crippen LogP contribution in [0, 0.1) is 0 Å². The quantitative estimate of drug-likeness (QED) is 0.774. The van der Waals surface area contributed by atoms with E-state index in [1.807, 2.05) is 23.1 Å². The Hall–Kier alpha value is -2.63. The monoisotopic (exact) mass is 341 g/mol. The Morgan fingerprint density at radius 3 is 2.64 bits per heavy atom. The maximum Gasteiger partial charge on any atom is 0.233 e. The zero-order chi connectivity index (χ0) is 17.5. The topological polar surface area (TPSA) is 64.6 Å². The van der Waals surface area contributed by atoms with Gasteiger partial charge in [-0.05, 0) is 18.4 Å². The van der Waals surface area contributed by atoms with Crippen LogP contribution < -0.4 is 9.47 Å². The number of aromatic nitrogens is 2. The third-order valence-corrected chi connectivity index (χ3v) is 4.31. The first kappa shape index (κ1) is 17.2. The average molecular weight is 341 g/mol. The van der Waals surface area contributed by atoms with Gasteiger partial charge in [-0.3, -0.25) is 4.79 Å². The summed E-state index contributed by atoms with van der Waals surface area (Å²) in [6, 6.07) is 13.7. The minimum absolute atomic E-state index is 0.0271. The zero-order valence-corrected chi connectivity index (χ0v) is 14.4. The molecule has 6 heteroatoms. The molecule has 1 aromatic heterocycles. The van der Waals surface area contributed by atoms with Crippen LogP contribution in [0.5, 0.6) is 11.8 Å². The van der Waals surface area contributed by atoms with Crippen LogP contribution in [0.2, 0.25) is 0 Å². The highest BCUT2D eigenvalue weighted by Crippen LogP contribution is 2.18. The van der Waals surface area contributed by atoms with E-state index in [4.69, 9.17) is 9.47 Å². The predicted octanol–water partition coefficient (Wildman–Crippen LogP) is 2.49. The highest BCUT2D eigenvalue weighted by atomic mass is 16.5. The largest absolute Gasteiger partial charge is 0.480 e. The fourth-order valence-corrected chi connectivity index (χ4v) is 2.95. The van der Waals surface area contributed by atoms with E-state index in [0.29, 0.717) is 24.7 Å². The smallest absolute Gasteiger partial charge is 0.233 e. The lowest BCUT2D eigenvalue weighted by molar-refractivity contribution is -0.130. The minimum atomic E-state index is -0.0271. The van der Waals surface area contributed by atoms with Crippen LogP contribution in [0.3, 0.4) is 0 Å². The van der Waals surface area contributed by atoms with Gasteiger partial charge in [-0.2, -0.15) is 0 Å². The molecule has 132 valence electrons. The number of hydrogen-bond donors (Lipinski definition) is 0. The van der Waals surface area contributed by atoms with E-state index in [2.05, 4.69) is 22.3 Å². The summed E-state index contributed by atoms with van der Waals surface area (Å²) in [7, 11) is 1.54. The van der Waals surface area contributed by atoms with Crippen molar-refractivity contribution in [3.63, 3.8) is 0 Å². The molecule has 0 bridgehead atoms. The molecule has 0 radical (unpaired) electrons. The molecule has 25 heavy (non-hydrogen) atoms. The molecule has 1 aliphatic rings. The molecule has 1 saturated heterocycles. The van der Waals surface area contributed by atoms with Crippen molar-refractivity contribution in [2.24, 2.45) is 0 Å². The summed E-state index contributed by atoms with van der Waals surface area (Å²) in [6.45, 7) is 1.34. The maximum absolute atomic E-state index is 12.3. The Balaban J connectivity index is 1.41. The van der Waals surface area contributed by atoms with Gasteiger partial charge in [0.2, 0.25) is 17.7 Å². The Morgan fingerprint density at radius 1 is 1.16 bits per heavy atom. The fraction of sp³-hybridized carbons (Fsp3) is 0.421. The predicted molar refractivity (Wildman–Crippen MR) is 93.6 cm³/mol. The number of benzene rings is 1. The summed E-state index contributed by atoms with van der Waals surface area (Å²) in [6.07, 6.45) is 3.17. The standard InChI is InChI=1S/C19H23N3O3/c1-24-17-10-11-18(21-20-17)25-16-12-13-22(14-16)19(23)9-5-8-15-6-3-2-4-7-15/h2-4,6-7,10-11,16H,5,8-9,12-14H2,1H3. The number of ether oxygens (including phenoxy) is 2. The Labute approximate surface area is 147 Å². The number of amides is 1. The van der Waals surface area contributed by atoms with Gasteiger partial charge in [0.25, 0.3) is 0 Å². The second-order valence-corrected chi connectivity index (χ2v) is 6.12. The van der Waals surface area contributed by atoms with Crippen molar-refractivity contribution in [2.45, 2.75) is 31.8 Å². The summed E-state index contributed by atoms with van der Waals surface area (Å²) in [4.78, 5) is 14.2. The summed E-state index contributed by atoms with van der Waals surface area (Å²) in [5.41, 5.74) is 1.27. The Morgan fingerprint density at radius 2 is 1.92 bits per heavy atom. The number of carbonyl (C=O) groups is 1. The summed E-state index contributed by atoms with van der Waals surface area (Å²) in [5.74, 6) is 1.11. The van der Waals surface area contributed by atoms with Crippen molar-refractivity contribution in [3.8, 4) is 11.8 Å². The van der Waals surface area contributed by atoms with Gasteiger partial charge in [0, 0.05) is 31.5 Å². The first-order valence-corrected chi connectivity index (χ1v) is 8.60. The highest BCUT2D eigenvalue weighted by Gasteiger charge is 2.27. The molecule has 1 unspecified atom stereocenters. The molecule has 1 atom stereocenters. The number of rotatable bonds is 7. The Bertz CT molecular complexity index is 676. The van der Waals surface area contributed by atoms with Crippen molar-refractivity contribution in [3.05, 3.63) is 48.0 Å². The van der Waals surface area contributed by atoms with Gasteiger partial charge in [-0.1, -0.05) is 30.3 Å². The van der Waals surface area contributed by atoms with E-state index in [1.54, 1.807) is 19.2 Å². The number of methoxy groups -OCH3 is 1. The summed E-state index contributed by atoms with van der Waals surface area (Å²) in [5, 5.41) is 7.85. The number of aryl methyl sites for hydroxylation is 1. The van der Waals surface area contributed by atoms with Crippen molar-refractivity contribution in [1.29, 1.82) is 0 Å². The van der Waals surface area contributed by atoms with E-state index in [9.17, 15) is 4.79 Å². The molecule has 1 aliphatic heterocycles. The van der Waals surface area contributed by atoms with Gasteiger partial charge in [-0.25, -0.2) is 0 Å². The number of carbonyl (C=O) groups excluding carboxylic acids is 1. The molecule has 0 saturated carbocycles. The van der Waals surface area contributed by atoms with Gasteiger partial charge in [0.1, 0.15) is 6.10 Å². The van der Waals surface area contributed by atoms with E-state index in [-0.39, 0.29) is 12.0 Å². The van der Waals surface area contributed by atoms with Crippen LogP contribution in [0.4, 0.5) is 0 Å². The third kappa shape index (κ3) is 4.92. The van der Waals surface area contributed by atoms with Gasteiger partial charge in [-0.15, -0.1) is 10.2 Å². The van der Waals surface area contributed by atoms with Crippen LogP contribution in [0.1, 0.15) is 24.8 Å². The fourth-order valence-electron chi connectivity index (χ4n) is 2.95. The van der Waals surface area contributed by atoms with Crippen molar-refractivity contribution in [2.75, 3.05) is 20.2 Å². The Kier molecular flexibility index (Phi) is 5.82.